The van der Waals surface area contributed by atoms with E-state index in [1.165, 1.54) is 30.7 Å². The van der Waals surface area contributed by atoms with Gasteiger partial charge in [0.15, 0.2) is 11.6 Å². The average molecular weight is 420 g/mol. The van der Waals surface area contributed by atoms with Crippen molar-refractivity contribution >= 4 is 5.91 Å². The molecule has 2 atom stereocenters. The summed E-state index contributed by atoms with van der Waals surface area (Å²) in [7, 11) is 1.59. The molecule has 1 heterocycles. The van der Waals surface area contributed by atoms with Crippen molar-refractivity contribution in [2.45, 2.75) is 37.1 Å². The normalized spacial score (nSPS) is 16.4. The number of likely N-dealkylation sites (N-methyl/N-ethyl adjacent to an activating group) is 1. The van der Waals surface area contributed by atoms with Gasteiger partial charge in [-0.1, -0.05) is 30.3 Å². The lowest BCUT2D eigenvalue weighted by Gasteiger charge is -2.34. The summed E-state index contributed by atoms with van der Waals surface area (Å²) in [4.78, 5) is 17.2. The first-order valence-corrected chi connectivity index (χ1v) is 10.4. The number of hydrogen-bond donors (Lipinski definition) is 3. The number of nitrogens with one attached hydrogen (secondary N) is 1. The first-order chi connectivity index (χ1) is 14.8. The van der Waals surface area contributed by atoms with E-state index in [2.05, 4.69) is 22.4 Å². The topological polar surface area (TPSA) is 88.2 Å². The molecule has 4 rings (SSSR count). The van der Waals surface area contributed by atoms with Gasteiger partial charge in [0.25, 0.3) is 0 Å². The molecule has 4 N–H and O–H groups in total. The highest BCUT2D eigenvalue weighted by molar-refractivity contribution is 5.85. The minimum Gasteiger partial charge on any atom is -0.505 e. The summed E-state index contributed by atoms with van der Waals surface area (Å²) in [5.74, 6) is -1.43. The molecule has 1 aromatic heterocycles. The third-order valence-corrected chi connectivity index (χ3v) is 6.06. The highest BCUT2D eigenvalue weighted by Crippen LogP contribution is 2.42. The number of nitrogens with zero attached hydrogens (tertiary/aromatic N) is 1. The molecule has 2 aromatic carbocycles. The van der Waals surface area contributed by atoms with Gasteiger partial charge in [-0.3, -0.25) is 9.78 Å². The predicted octanol–water partition coefficient (Wildman–Crippen LogP) is 4.17. The molecule has 1 aliphatic rings. The number of aromatic hydroxyl groups is 1. The standard InChI is InChI=1S/C25H26FN3O2/c1-25(27,18-12-13-29-20(14-18)19-4-3-5-21(30)23(19)26)22(24(31)28-2)17-10-8-16(9-11-17)15-6-7-15/h3-5,8-15,22,30H,6-7,27H2,1-2H3,(H,28,31)/t22-,25+/m0/s1. The van der Waals surface area contributed by atoms with Crippen molar-refractivity contribution in [1.29, 1.82) is 0 Å². The Bertz CT molecular complexity index is 1110. The van der Waals surface area contributed by atoms with Gasteiger partial charge in [-0.05, 0) is 66.6 Å². The number of rotatable bonds is 6. The maximum Gasteiger partial charge on any atom is 0.229 e. The molecule has 0 unspecified atom stereocenters. The van der Waals surface area contributed by atoms with Crippen LogP contribution in [0.5, 0.6) is 5.75 Å². The number of phenols is 1. The first-order valence-electron chi connectivity index (χ1n) is 10.4. The molecule has 1 saturated carbocycles. The van der Waals surface area contributed by atoms with Crippen molar-refractivity contribution in [3.8, 4) is 17.0 Å². The van der Waals surface area contributed by atoms with E-state index in [0.717, 1.165) is 5.56 Å². The van der Waals surface area contributed by atoms with Gasteiger partial charge in [0.1, 0.15) is 0 Å². The molecule has 0 aliphatic heterocycles. The maximum atomic E-state index is 14.4. The molecule has 6 heteroatoms. The summed E-state index contributed by atoms with van der Waals surface area (Å²) in [6.45, 7) is 1.79. The van der Waals surface area contributed by atoms with Crippen molar-refractivity contribution in [3.63, 3.8) is 0 Å². The Balaban J connectivity index is 1.75. The van der Waals surface area contributed by atoms with E-state index in [4.69, 9.17) is 5.73 Å². The van der Waals surface area contributed by atoms with E-state index < -0.39 is 23.0 Å². The SMILES string of the molecule is CNC(=O)[C@H](c1ccc(C2CC2)cc1)[C@](C)(N)c1ccnc(-c2cccc(O)c2F)c1. The lowest BCUT2D eigenvalue weighted by atomic mass is 9.75. The van der Waals surface area contributed by atoms with Crippen molar-refractivity contribution in [3.05, 3.63) is 83.3 Å². The van der Waals surface area contributed by atoms with Crippen LogP contribution in [-0.2, 0) is 10.3 Å². The van der Waals surface area contributed by atoms with Gasteiger partial charge in [-0.15, -0.1) is 0 Å². The zero-order valence-corrected chi connectivity index (χ0v) is 17.6. The highest BCUT2D eigenvalue weighted by Gasteiger charge is 2.39. The van der Waals surface area contributed by atoms with E-state index >= 15 is 0 Å². The summed E-state index contributed by atoms with van der Waals surface area (Å²) < 4.78 is 14.4. The number of pyridine rings is 1. The van der Waals surface area contributed by atoms with Crippen molar-refractivity contribution < 1.29 is 14.3 Å². The van der Waals surface area contributed by atoms with Crippen LogP contribution in [-0.4, -0.2) is 23.0 Å². The molecule has 31 heavy (non-hydrogen) atoms. The maximum absolute atomic E-state index is 14.4. The number of aromatic nitrogens is 1. The Morgan fingerprint density at radius 1 is 1.23 bits per heavy atom. The number of phenolic OH excluding ortho intramolecular Hbond substituents is 1. The fourth-order valence-electron chi connectivity index (χ4n) is 4.09. The number of carbonyl (C=O) groups is 1. The molecule has 160 valence electrons. The molecular weight excluding hydrogens is 393 g/mol. The smallest absolute Gasteiger partial charge is 0.229 e. The molecule has 3 aromatic rings. The Kier molecular flexibility index (Phi) is 5.50. The van der Waals surface area contributed by atoms with Crippen molar-refractivity contribution in [1.82, 2.24) is 10.3 Å². The minimum absolute atomic E-state index is 0.169. The zero-order chi connectivity index (χ0) is 22.2. The molecule has 1 amide bonds. The molecule has 0 bridgehead atoms. The number of nitrogens with two attached hydrogens (primary N) is 1. The molecular formula is C25H26FN3O2. The van der Waals surface area contributed by atoms with Crippen LogP contribution in [0.2, 0.25) is 0 Å². The highest BCUT2D eigenvalue weighted by atomic mass is 19.1. The van der Waals surface area contributed by atoms with Gasteiger partial charge < -0.3 is 16.2 Å². The van der Waals surface area contributed by atoms with E-state index in [9.17, 15) is 14.3 Å². The lowest BCUT2D eigenvalue weighted by molar-refractivity contribution is -0.123. The van der Waals surface area contributed by atoms with Crippen molar-refractivity contribution in [2.24, 2.45) is 5.73 Å². The number of benzene rings is 2. The monoisotopic (exact) mass is 419 g/mol. The molecule has 0 radical (unpaired) electrons. The van der Waals surface area contributed by atoms with Crippen LogP contribution < -0.4 is 11.1 Å². The van der Waals surface area contributed by atoms with Crippen LogP contribution in [0.15, 0.2) is 60.8 Å². The lowest BCUT2D eigenvalue weighted by Crippen LogP contribution is -2.46. The van der Waals surface area contributed by atoms with Crippen molar-refractivity contribution in [2.75, 3.05) is 7.05 Å². The second-order valence-corrected chi connectivity index (χ2v) is 8.34. The Morgan fingerprint density at radius 3 is 2.58 bits per heavy atom. The van der Waals surface area contributed by atoms with Crippen LogP contribution in [0.3, 0.4) is 0 Å². The molecule has 0 saturated heterocycles. The van der Waals surface area contributed by atoms with Crippen LogP contribution in [0.4, 0.5) is 4.39 Å². The Labute approximate surface area is 181 Å². The number of halogens is 1. The van der Waals surface area contributed by atoms with Gasteiger partial charge in [-0.2, -0.15) is 0 Å². The zero-order valence-electron chi connectivity index (χ0n) is 17.6. The van der Waals surface area contributed by atoms with Crippen LogP contribution >= 0.6 is 0 Å². The van der Waals surface area contributed by atoms with E-state index in [1.807, 2.05) is 12.1 Å². The molecule has 1 aliphatic carbocycles. The molecule has 0 spiro atoms. The Morgan fingerprint density at radius 2 is 1.94 bits per heavy atom. The third-order valence-electron chi connectivity index (χ3n) is 6.06. The van der Waals surface area contributed by atoms with Crippen LogP contribution in [0.1, 0.15) is 48.3 Å². The van der Waals surface area contributed by atoms with Gasteiger partial charge >= 0.3 is 0 Å². The van der Waals surface area contributed by atoms with Crippen LogP contribution in [0, 0.1) is 5.82 Å². The van der Waals surface area contributed by atoms with Gasteiger partial charge in [0.05, 0.1) is 17.2 Å². The van der Waals surface area contributed by atoms with E-state index in [0.29, 0.717) is 17.2 Å². The fourth-order valence-corrected chi connectivity index (χ4v) is 4.09. The molecule has 5 nitrogen and oxygen atoms in total. The number of hydrogen-bond acceptors (Lipinski definition) is 4. The molecule has 1 fully saturated rings. The van der Waals surface area contributed by atoms with E-state index in [-0.39, 0.29) is 11.5 Å². The first kappa shape index (κ1) is 21.0. The van der Waals surface area contributed by atoms with Gasteiger partial charge in [-0.25, -0.2) is 4.39 Å². The minimum atomic E-state index is -1.09. The summed E-state index contributed by atoms with van der Waals surface area (Å²) >= 11 is 0. The summed E-state index contributed by atoms with van der Waals surface area (Å²) in [5, 5.41) is 12.4. The van der Waals surface area contributed by atoms with Crippen LogP contribution in [0.25, 0.3) is 11.3 Å². The number of amides is 1. The number of carbonyl (C=O) groups excluding carboxylic acids is 1. The quantitative estimate of drug-likeness (QED) is 0.559. The average Bonchev–Trinajstić information content (AvgIpc) is 3.61. The van der Waals surface area contributed by atoms with Gasteiger partial charge in [0, 0.05) is 18.8 Å². The summed E-state index contributed by atoms with van der Waals surface area (Å²) in [6.07, 6.45) is 3.95. The second kappa shape index (κ2) is 8.12. The predicted molar refractivity (Wildman–Crippen MR) is 118 cm³/mol. The largest absolute Gasteiger partial charge is 0.505 e. The third kappa shape index (κ3) is 4.03. The Hall–Kier alpha value is -3.25. The summed E-state index contributed by atoms with van der Waals surface area (Å²) in [6, 6.07) is 15.9. The van der Waals surface area contributed by atoms with Gasteiger partial charge in [0.2, 0.25) is 5.91 Å². The summed E-state index contributed by atoms with van der Waals surface area (Å²) in [5.41, 5.74) is 8.93. The van der Waals surface area contributed by atoms with E-state index in [1.54, 1.807) is 38.2 Å². The second-order valence-electron chi connectivity index (χ2n) is 8.34. The fraction of sp³-hybridized carbons (Fsp3) is 0.280.